The first-order valence-corrected chi connectivity index (χ1v) is 20.5. The van der Waals surface area contributed by atoms with Crippen LogP contribution < -0.4 is 0 Å². The highest BCUT2D eigenvalue weighted by Gasteiger charge is 2.44. The normalized spacial score (nSPS) is 23.8. The number of aryl methyl sites for hydroxylation is 1. The van der Waals surface area contributed by atoms with E-state index in [-0.39, 0.29) is 0 Å². The quantitative estimate of drug-likeness (QED) is 0.172. The van der Waals surface area contributed by atoms with Gasteiger partial charge in [0.15, 0.2) is 0 Å². The van der Waals surface area contributed by atoms with Crippen LogP contribution in [0.1, 0.15) is 121 Å². The van der Waals surface area contributed by atoms with Crippen molar-refractivity contribution in [3.8, 4) is 0 Å². The third-order valence-electron chi connectivity index (χ3n) is 13.1. The maximum absolute atomic E-state index is 4.38. The minimum atomic E-state index is 0.785. The third kappa shape index (κ3) is 11.8. The highest BCUT2D eigenvalue weighted by atomic mass is 15.3. The number of likely N-dealkylation sites (tertiary alicyclic amines) is 4. The predicted molar refractivity (Wildman–Crippen MR) is 199 cm³/mol. The van der Waals surface area contributed by atoms with Crippen LogP contribution in [0.3, 0.4) is 0 Å². The van der Waals surface area contributed by atoms with E-state index in [1.54, 1.807) is 0 Å². The van der Waals surface area contributed by atoms with E-state index in [2.05, 4.69) is 62.7 Å². The first kappa shape index (κ1) is 37.3. The molecule has 0 aliphatic carbocycles. The number of piperidine rings is 4. The van der Waals surface area contributed by atoms with Crippen LogP contribution in [-0.2, 0) is 6.42 Å². The lowest BCUT2D eigenvalue weighted by Crippen LogP contribution is -2.59. The van der Waals surface area contributed by atoms with Crippen LogP contribution in [-0.4, -0.2) is 133 Å². The summed E-state index contributed by atoms with van der Waals surface area (Å²) < 4.78 is 0. The molecule has 0 bridgehead atoms. The van der Waals surface area contributed by atoms with Gasteiger partial charge in [-0.1, -0.05) is 51.4 Å². The molecule has 1 unspecified atom stereocenters. The van der Waals surface area contributed by atoms with Gasteiger partial charge in [-0.25, -0.2) is 4.98 Å². The summed E-state index contributed by atoms with van der Waals surface area (Å²) in [5, 5.41) is 0. The van der Waals surface area contributed by atoms with Crippen LogP contribution in [0.4, 0.5) is 0 Å². The van der Waals surface area contributed by atoms with Crippen molar-refractivity contribution in [1.82, 2.24) is 34.5 Å². The van der Waals surface area contributed by atoms with E-state index in [4.69, 9.17) is 0 Å². The van der Waals surface area contributed by atoms with Crippen molar-refractivity contribution in [1.29, 1.82) is 0 Å². The maximum atomic E-state index is 4.38. The van der Waals surface area contributed by atoms with Crippen molar-refractivity contribution in [3.63, 3.8) is 0 Å². The molecule has 0 spiro atoms. The zero-order valence-electron chi connectivity index (χ0n) is 31.4. The average Bonchev–Trinajstić information content (AvgIpc) is 3.60. The van der Waals surface area contributed by atoms with Gasteiger partial charge < -0.3 is 24.6 Å². The molecule has 7 heteroatoms. The molecule has 4 saturated heterocycles. The van der Waals surface area contributed by atoms with E-state index in [9.17, 15) is 0 Å². The van der Waals surface area contributed by atoms with Crippen LogP contribution in [0, 0.1) is 17.8 Å². The van der Waals surface area contributed by atoms with Crippen LogP contribution >= 0.6 is 0 Å². The fourth-order valence-electron chi connectivity index (χ4n) is 10.1. The topological polar surface area (TPSA) is 44.9 Å². The van der Waals surface area contributed by atoms with E-state index < -0.39 is 0 Å². The van der Waals surface area contributed by atoms with Gasteiger partial charge >= 0.3 is 0 Å². The molecule has 1 atom stereocenters. The van der Waals surface area contributed by atoms with E-state index in [0.717, 1.165) is 48.1 Å². The number of unbranched alkanes of at least 4 members (excludes halogenated alkanes) is 8. The number of hydrogen-bond acceptors (Lipinski definition) is 6. The Kier molecular flexibility index (Phi) is 15.9. The van der Waals surface area contributed by atoms with Crippen molar-refractivity contribution in [2.24, 2.45) is 17.8 Å². The highest BCUT2D eigenvalue weighted by Crippen LogP contribution is 2.43. The smallest absolute Gasteiger partial charge is 0.105 e. The summed E-state index contributed by atoms with van der Waals surface area (Å²) >= 11 is 0. The van der Waals surface area contributed by atoms with Gasteiger partial charge in [-0.15, -0.1) is 0 Å². The van der Waals surface area contributed by atoms with Gasteiger partial charge in [0.05, 0.1) is 0 Å². The van der Waals surface area contributed by atoms with Crippen molar-refractivity contribution in [2.75, 3.05) is 80.5 Å². The Hall–Kier alpha value is -0.990. The number of aromatic nitrogens is 2. The summed E-state index contributed by atoms with van der Waals surface area (Å²) in [4.78, 5) is 21.3. The first-order chi connectivity index (χ1) is 23.0. The Morgan fingerprint density at radius 3 is 1.43 bits per heavy atom. The molecule has 4 aliphatic rings. The molecule has 5 rings (SSSR count). The molecule has 0 saturated carbocycles. The molecule has 270 valence electrons. The molecule has 5 heterocycles. The van der Waals surface area contributed by atoms with Crippen molar-refractivity contribution >= 4 is 0 Å². The summed E-state index contributed by atoms with van der Waals surface area (Å²) in [5.41, 5.74) is 0. The van der Waals surface area contributed by atoms with Crippen LogP contribution in [0.25, 0.3) is 0 Å². The molecule has 0 radical (unpaired) electrons. The van der Waals surface area contributed by atoms with E-state index in [1.807, 2.05) is 12.4 Å². The molecule has 0 amide bonds. The molecule has 0 aromatic carbocycles. The molecule has 1 N–H and O–H groups in total. The highest BCUT2D eigenvalue weighted by molar-refractivity contribution is 4.98. The molecule has 1 aromatic rings. The molecule has 47 heavy (non-hydrogen) atoms. The zero-order valence-corrected chi connectivity index (χ0v) is 31.4. The molecule has 7 nitrogen and oxygen atoms in total. The predicted octanol–water partition coefficient (Wildman–Crippen LogP) is 7.01. The molecular weight excluding hydrogens is 578 g/mol. The standard InChI is InChI=1S/C40H75N7/c1-43-26-16-34(17-27-43)40(35-18-28-44(2)29-19-35)38(14-12-10-8-6-5-7-9-11-13-15-39-41-24-25-42-39)47(36-20-30-45(3)31-21-36)37-22-32-46(4)33-23-37/h24-25,34-38,40H,5-23,26-33H2,1-4H3,(H,41,42). The Balaban J connectivity index is 1.23. The van der Waals surface area contributed by atoms with Crippen LogP contribution in [0.5, 0.6) is 0 Å². The zero-order chi connectivity index (χ0) is 32.8. The van der Waals surface area contributed by atoms with Gasteiger partial charge in [0.25, 0.3) is 0 Å². The van der Waals surface area contributed by atoms with Crippen molar-refractivity contribution in [3.05, 3.63) is 18.2 Å². The number of nitrogens with one attached hydrogen (secondary N) is 1. The summed E-state index contributed by atoms with van der Waals surface area (Å²) in [6, 6.07) is 2.36. The fraction of sp³-hybridized carbons (Fsp3) is 0.925. The number of hydrogen-bond donors (Lipinski definition) is 1. The van der Waals surface area contributed by atoms with Crippen LogP contribution in [0.15, 0.2) is 12.4 Å². The van der Waals surface area contributed by atoms with Gasteiger partial charge in [-0.3, -0.25) is 4.90 Å². The van der Waals surface area contributed by atoms with Gasteiger partial charge in [0.1, 0.15) is 5.82 Å². The minimum absolute atomic E-state index is 0.785. The SMILES string of the molecule is CN1CCC(C(C2CCN(C)CC2)C(CCCCCCCCCCCc2ncc[nH]2)N(C2CCN(C)CC2)C2CCN(C)CC2)CC1. The van der Waals surface area contributed by atoms with E-state index >= 15 is 0 Å². The Labute approximate surface area is 290 Å². The number of rotatable bonds is 18. The Morgan fingerprint density at radius 1 is 0.596 bits per heavy atom. The third-order valence-corrected chi connectivity index (χ3v) is 13.1. The van der Waals surface area contributed by atoms with Crippen molar-refractivity contribution < 1.29 is 0 Å². The first-order valence-electron chi connectivity index (χ1n) is 20.5. The van der Waals surface area contributed by atoms with E-state index in [0.29, 0.717) is 0 Å². The Bertz CT molecular complexity index is 830. The number of imidazole rings is 1. The monoisotopic (exact) mass is 654 g/mol. The molecule has 4 fully saturated rings. The molecule has 1 aromatic heterocycles. The Morgan fingerprint density at radius 2 is 1.00 bits per heavy atom. The van der Waals surface area contributed by atoms with Gasteiger partial charge in [-0.05, 0) is 163 Å². The maximum Gasteiger partial charge on any atom is 0.105 e. The number of H-pyrrole nitrogens is 1. The number of nitrogens with zero attached hydrogens (tertiary/aromatic N) is 6. The summed E-state index contributed by atoms with van der Waals surface area (Å²) in [6.45, 7) is 10.4. The minimum Gasteiger partial charge on any atom is -0.349 e. The lowest BCUT2D eigenvalue weighted by molar-refractivity contribution is -0.0494. The lowest BCUT2D eigenvalue weighted by atomic mass is 9.67. The second-order valence-corrected chi connectivity index (χ2v) is 16.7. The van der Waals surface area contributed by atoms with Gasteiger partial charge in [-0.2, -0.15) is 0 Å². The van der Waals surface area contributed by atoms with Gasteiger partial charge in [0.2, 0.25) is 0 Å². The van der Waals surface area contributed by atoms with E-state index in [1.165, 1.54) is 168 Å². The average molecular weight is 654 g/mol. The summed E-state index contributed by atoms with van der Waals surface area (Å²) in [7, 11) is 9.44. The molecule has 4 aliphatic heterocycles. The largest absolute Gasteiger partial charge is 0.349 e. The summed E-state index contributed by atoms with van der Waals surface area (Å²) in [5.74, 6) is 3.87. The second-order valence-electron chi connectivity index (χ2n) is 16.7. The fourth-order valence-corrected chi connectivity index (χ4v) is 10.1. The van der Waals surface area contributed by atoms with Crippen molar-refractivity contribution in [2.45, 2.75) is 140 Å². The van der Waals surface area contributed by atoms with Crippen LogP contribution in [0.2, 0.25) is 0 Å². The molecular formula is C40H75N7. The number of aromatic amines is 1. The summed E-state index contributed by atoms with van der Waals surface area (Å²) in [6.07, 6.45) is 30.2. The second kappa shape index (κ2) is 20.0. The lowest BCUT2D eigenvalue weighted by Gasteiger charge is -2.54. The van der Waals surface area contributed by atoms with Gasteiger partial charge in [0, 0.05) is 36.9 Å².